The lowest BCUT2D eigenvalue weighted by Crippen LogP contribution is -2.33. The van der Waals surface area contributed by atoms with Gasteiger partial charge >= 0.3 is 0 Å². The number of likely N-dealkylation sites (tertiary alicyclic amines) is 1. The summed E-state index contributed by atoms with van der Waals surface area (Å²) in [4.78, 5) is 12.6. The summed E-state index contributed by atoms with van der Waals surface area (Å²) < 4.78 is 0. The molecule has 0 N–H and O–H groups in total. The van der Waals surface area contributed by atoms with Crippen LogP contribution in [0.5, 0.6) is 0 Å². The molecule has 1 amide bonds. The minimum Gasteiger partial charge on any atom is -0.343 e. The highest BCUT2D eigenvalue weighted by Crippen LogP contribution is 2.07. The quantitative estimate of drug-likeness (QED) is 0.548. The fourth-order valence-electron chi connectivity index (χ4n) is 1.21. The van der Waals surface area contributed by atoms with Gasteiger partial charge in [0.25, 0.3) is 0 Å². The van der Waals surface area contributed by atoms with Crippen molar-refractivity contribution in [1.82, 2.24) is 4.90 Å². The molecule has 1 saturated heterocycles. The first-order chi connectivity index (χ1) is 5.72. The van der Waals surface area contributed by atoms with Gasteiger partial charge in [-0.2, -0.15) is 0 Å². The number of amides is 1. The molecule has 1 heterocycles. The lowest BCUT2D eigenvalue weighted by Gasteiger charge is -2.24. The van der Waals surface area contributed by atoms with Crippen molar-refractivity contribution < 1.29 is 4.79 Å². The number of rotatable bonds is 0. The Morgan fingerprint density at radius 1 is 1.17 bits per heavy atom. The third-order valence-electron chi connectivity index (χ3n) is 1.80. The predicted molar refractivity (Wildman–Crippen MR) is 52.1 cm³/mol. The number of hydrogen-bond donors (Lipinski definition) is 0. The molecule has 72 valence electrons. The van der Waals surface area contributed by atoms with E-state index in [4.69, 9.17) is 0 Å². The average Bonchev–Trinajstić information content (AvgIpc) is 2.07. The van der Waals surface area contributed by atoms with Crippen molar-refractivity contribution >= 4 is 5.91 Å². The molecule has 0 aliphatic carbocycles. The molecule has 0 aromatic heterocycles. The first-order valence-electron chi connectivity index (χ1n) is 4.97. The number of carbonyl (C=O) groups excluding carboxylic acids is 1. The summed E-state index contributed by atoms with van der Waals surface area (Å²) in [5.41, 5.74) is 0. The second kappa shape index (κ2) is 7.14. The molecule has 1 aliphatic rings. The largest absolute Gasteiger partial charge is 0.343 e. The van der Waals surface area contributed by atoms with Crippen LogP contribution in [-0.2, 0) is 4.79 Å². The molecule has 0 aromatic carbocycles. The average molecular weight is 171 g/mol. The summed E-state index contributed by atoms with van der Waals surface area (Å²) in [5, 5.41) is 0. The monoisotopic (exact) mass is 171 g/mol. The maximum atomic E-state index is 10.7. The molecular formula is C10H21NO. The van der Waals surface area contributed by atoms with E-state index in [0.717, 1.165) is 13.1 Å². The minimum atomic E-state index is 0.231. The Hall–Kier alpha value is -0.530. The van der Waals surface area contributed by atoms with Crippen molar-refractivity contribution in [2.75, 3.05) is 13.1 Å². The van der Waals surface area contributed by atoms with Crippen LogP contribution in [-0.4, -0.2) is 23.9 Å². The highest BCUT2D eigenvalue weighted by atomic mass is 16.2. The molecule has 0 spiro atoms. The first-order valence-corrected chi connectivity index (χ1v) is 4.97. The smallest absolute Gasteiger partial charge is 0.219 e. The standard InChI is InChI=1S/C7H13NO.C3H8/c1-7(9)8-5-3-2-4-6-8;1-3-2/h2-6H2,1H3;3H2,1-2H3. The Labute approximate surface area is 75.9 Å². The molecule has 2 heteroatoms. The van der Waals surface area contributed by atoms with Gasteiger partial charge in [-0.05, 0) is 19.3 Å². The SMILES string of the molecule is CC(=O)N1CCCCC1.CCC. The molecule has 0 radical (unpaired) electrons. The van der Waals surface area contributed by atoms with Gasteiger partial charge in [0.05, 0.1) is 0 Å². The van der Waals surface area contributed by atoms with Gasteiger partial charge in [0.2, 0.25) is 5.91 Å². The van der Waals surface area contributed by atoms with Gasteiger partial charge in [-0.1, -0.05) is 20.3 Å². The van der Waals surface area contributed by atoms with Crippen LogP contribution in [0.4, 0.5) is 0 Å². The van der Waals surface area contributed by atoms with E-state index >= 15 is 0 Å². The highest BCUT2D eigenvalue weighted by molar-refractivity contribution is 5.73. The van der Waals surface area contributed by atoms with Crippen LogP contribution >= 0.6 is 0 Å². The Bertz CT molecular complexity index is 117. The van der Waals surface area contributed by atoms with Gasteiger partial charge in [0.15, 0.2) is 0 Å². The van der Waals surface area contributed by atoms with Crippen molar-refractivity contribution in [3.8, 4) is 0 Å². The molecular weight excluding hydrogens is 150 g/mol. The number of carbonyl (C=O) groups is 1. The summed E-state index contributed by atoms with van der Waals surface area (Å²) in [5.74, 6) is 0.231. The van der Waals surface area contributed by atoms with Crippen LogP contribution < -0.4 is 0 Å². The zero-order valence-electron chi connectivity index (χ0n) is 8.60. The predicted octanol–water partition coefficient (Wildman–Crippen LogP) is 2.44. The van der Waals surface area contributed by atoms with Gasteiger partial charge < -0.3 is 4.90 Å². The number of nitrogens with zero attached hydrogens (tertiary/aromatic N) is 1. The van der Waals surface area contributed by atoms with Crippen LogP contribution in [0.1, 0.15) is 46.5 Å². The lowest BCUT2D eigenvalue weighted by atomic mass is 10.1. The Kier molecular flexibility index (Phi) is 6.82. The fraction of sp³-hybridized carbons (Fsp3) is 0.900. The van der Waals surface area contributed by atoms with Crippen molar-refractivity contribution in [2.45, 2.75) is 46.5 Å². The van der Waals surface area contributed by atoms with Crippen molar-refractivity contribution in [1.29, 1.82) is 0 Å². The molecule has 1 aliphatic heterocycles. The minimum absolute atomic E-state index is 0.231. The van der Waals surface area contributed by atoms with Crippen LogP contribution in [0.2, 0.25) is 0 Å². The van der Waals surface area contributed by atoms with Gasteiger partial charge in [0, 0.05) is 20.0 Å². The fourth-order valence-corrected chi connectivity index (χ4v) is 1.21. The molecule has 1 fully saturated rings. The van der Waals surface area contributed by atoms with Crippen molar-refractivity contribution in [3.05, 3.63) is 0 Å². The molecule has 0 aromatic rings. The topological polar surface area (TPSA) is 20.3 Å². The van der Waals surface area contributed by atoms with Crippen LogP contribution in [0.3, 0.4) is 0 Å². The third kappa shape index (κ3) is 5.16. The maximum Gasteiger partial charge on any atom is 0.219 e. The second-order valence-corrected chi connectivity index (χ2v) is 3.27. The lowest BCUT2D eigenvalue weighted by molar-refractivity contribution is -0.129. The van der Waals surface area contributed by atoms with Gasteiger partial charge in [-0.15, -0.1) is 0 Å². The zero-order chi connectivity index (χ0) is 9.40. The molecule has 0 saturated carbocycles. The van der Waals surface area contributed by atoms with E-state index in [1.165, 1.54) is 25.7 Å². The van der Waals surface area contributed by atoms with Gasteiger partial charge in [-0.25, -0.2) is 0 Å². The molecule has 1 rings (SSSR count). The van der Waals surface area contributed by atoms with E-state index < -0.39 is 0 Å². The normalized spacial score (nSPS) is 16.4. The summed E-state index contributed by atoms with van der Waals surface area (Å²) in [6.07, 6.45) is 4.93. The molecule has 0 atom stereocenters. The molecule has 12 heavy (non-hydrogen) atoms. The summed E-state index contributed by atoms with van der Waals surface area (Å²) in [6.45, 7) is 7.86. The zero-order valence-corrected chi connectivity index (χ0v) is 8.60. The third-order valence-corrected chi connectivity index (χ3v) is 1.80. The van der Waals surface area contributed by atoms with E-state index in [9.17, 15) is 4.79 Å². The number of hydrogen-bond acceptors (Lipinski definition) is 1. The first kappa shape index (κ1) is 11.5. The van der Waals surface area contributed by atoms with E-state index in [1.54, 1.807) is 6.92 Å². The second-order valence-electron chi connectivity index (χ2n) is 3.27. The van der Waals surface area contributed by atoms with E-state index in [2.05, 4.69) is 13.8 Å². The summed E-state index contributed by atoms with van der Waals surface area (Å²) >= 11 is 0. The van der Waals surface area contributed by atoms with Crippen LogP contribution in [0, 0.1) is 0 Å². The van der Waals surface area contributed by atoms with Crippen LogP contribution in [0.25, 0.3) is 0 Å². The van der Waals surface area contributed by atoms with E-state index in [0.29, 0.717) is 0 Å². The summed E-state index contributed by atoms with van der Waals surface area (Å²) in [7, 11) is 0. The Balaban J connectivity index is 0.000000354. The van der Waals surface area contributed by atoms with E-state index in [1.807, 2.05) is 4.90 Å². The maximum absolute atomic E-state index is 10.7. The van der Waals surface area contributed by atoms with Gasteiger partial charge in [-0.3, -0.25) is 4.79 Å². The molecule has 2 nitrogen and oxygen atoms in total. The number of piperidine rings is 1. The van der Waals surface area contributed by atoms with E-state index in [-0.39, 0.29) is 5.91 Å². The molecule has 0 unspecified atom stereocenters. The Morgan fingerprint density at radius 2 is 1.58 bits per heavy atom. The van der Waals surface area contributed by atoms with Crippen molar-refractivity contribution in [3.63, 3.8) is 0 Å². The van der Waals surface area contributed by atoms with Gasteiger partial charge in [0.1, 0.15) is 0 Å². The molecule has 0 bridgehead atoms. The Morgan fingerprint density at radius 3 is 1.83 bits per heavy atom. The van der Waals surface area contributed by atoms with Crippen molar-refractivity contribution in [2.24, 2.45) is 0 Å². The summed E-state index contributed by atoms with van der Waals surface area (Å²) in [6, 6.07) is 0. The van der Waals surface area contributed by atoms with Crippen LogP contribution in [0.15, 0.2) is 0 Å². The highest BCUT2D eigenvalue weighted by Gasteiger charge is 2.10.